The number of ether oxygens (including phenoxy) is 1. The van der Waals surface area contributed by atoms with E-state index < -0.39 is 0 Å². The monoisotopic (exact) mass is 376 g/mol. The molecule has 0 atom stereocenters. The van der Waals surface area contributed by atoms with Crippen LogP contribution in [0.4, 0.5) is 11.4 Å². The first kappa shape index (κ1) is 17.4. The lowest BCUT2D eigenvalue weighted by molar-refractivity contribution is 0.417. The number of thiocarbonyl (C=S) groups is 1. The Morgan fingerprint density at radius 1 is 0.889 bits per heavy atom. The van der Waals surface area contributed by atoms with Gasteiger partial charge in [0.1, 0.15) is 16.9 Å². The van der Waals surface area contributed by atoms with Crippen molar-refractivity contribution in [2.24, 2.45) is 0 Å². The van der Waals surface area contributed by atoms with Crippen LogP contribution in [0.2, 0.25) is 0 Å². The van der Waals surface area contributed by atoms with Crippen LogP contribution in [0.15, 0.2) is 59.0 Å². The zero-order valence-corrected chi connectivity index (χ0v) is 16.2. The number of para-hydroxylation sites is 2. The Hall–Kier alpha value is -3.05. The fraction of sp³-hybridized carbons (Fsp3) is 0.136. The molecule has 0 aliphatic rings. The van der Waals surface area contributed by atoms with Crippen LogP contribution in [0.1, 0.15) is 11.1 Å². The Labute approximate surface area is 163 Å². The second kappa shape index (κ2) is 6.93. The zero-order valence-electron chi connectivity index (χ0n) is 15.4. The van der Waals surface area contributed by atoms with Crippen LogP contribution >= 0.6 is 12.2 Å². The number of rotatable bonds is 3. The predicted molar refractivity (Wildman–Crippen MR) is 116 cm³/mol. The maximum atomic E-state index is 5.97. The Kier molecular flexibility index (Phi) is 4.46. The molecule has 0 aliphatic heterocycles. The van der Waals surface area contributed by atoms with Crippen molar-refractivity contribution in [2.45, 2.75) is 13.8 Å². The number of hydrogen-bond donors (Lipinski definition) is 2. The summed E-state index contributed by atoms with van der Waals surface area (Å²) in [5, 5.41) is 9.10. The van der Waals surface area contributed by atoms with Crippen molar-refractivity contribution in [2.75, 3.05) is 17.7 Å². The minimum Gasteiger partial charge on any atom is -0.495 e. The van der Waals surface area contributed by atoms with Crippen molar-refractivity contribution in [3.63, 3.8) is 0 Å². The van der Waals surface area contributed by atoms with E-state index in [0.717, 1.165) is 44.4 Å². The van der Waals surface area contributed by atoms with E-state index in [2.05, 4.69) is 36.6 Å². The van der Waals surface area contributed by atoms with Crippen LogP contribution in [0.25, 0.3) is 21.9 Å². The van der Waals surface area contributed by atoms with E-state index >= 15 is 0 Å². The van der Waals surface area contributed by atoms with Crippen LogP contribution in [-0.4, -0.2) is 12.2 Å². The highest BCUT2D eigenvalue weighted by atomic mass is 32.1. The van der Waals surface area contributed by atoms with Gasteiger partial charge in [-0.05, 0) is 49.3 Å². The quantitative estimate of drug-likeness (QED) is 0.428. The van der Waals surface area contributed by atoms with Crippen LogP contribution in [0.3, 0.4) is 0 Å². The molecule has 0 saturated carbocycles. The van der Waals surface area contributed by atoms with Gasteiger partial charge < -0.3 is 19.8 Å². The topological polar surface area (TPSA) is 46.4 Å². The maximum Gasteiger partial charge on any atom is 0.175 e. The Balaban J connectivity index is 1.68. The van der Waals surface area contributed by atoms with Crippen molar-refractivity contribution in [1.29, 1.82) is 0 Å². The van der Waals surface area contributed by atoms with Gasteiger partial charge in [-0.25, -0.2) is 0 Å². The summed E-state index contributed by atoms with van der Waals surface area (Å²) < 4.78 is 11.6. The van der Waals surface area contributed by atoms with Gasteiger partial charge in [0.15, 0.2) is 5.11 Å². The first-order valence-corrected chi connectivity index (χ1v) is 9.11. The van der Waals surface area contributed by atoms with Gasteiger partial charge in [0.2, 0.25) is 0 Å². The summed E-state index contributed by atoms with van der Waals surface area (Å²) in [5.74, 6) is 0.708. The first-order valence-electron chi connectivity index (χ1n) is 8.70. The van der Waals surface area contributed by atoms with E-state index in [9.17, 15) is 0 Å². The molecular formula is C22H20N2O2S. The minimum atomic E-state index is 0.501. The van der Waals surface area contributed by atoms with E-state index in [-0.39, 0.29) is 0 Å². The smallest absolute Gasteiger partial charge is 0.175 e. The fourth-order valence-corrected chi connectivity index (χ4v) is 3.51. The highest BCUT2D eigenvalue weighted by Crippen LogP contribution is 2.36. The summed E-state index contributed by atoms with van der Waals surface area (Å²) in [6, 6.07) is 18.0. The molecule has 0 radical (unpaired) electrons. The molecule has 0 bridgehead atoms. The third-order valence-corrected chi connectivity index (χ3v) is 4.87. The number of fused-ring (bicyclic) bond motifs is 3. The third kappa shape index (κ3) is 3.22. The lowest BCUT2D eigenvalue weighted by atomic mass is 10.1. The second-order valence-corrected chi connectivity index (χ2v) is 6.90. The van der Waals surface area contributed by atoms with E-state index in [4.69, 9.17) is 21.4 Å². The largest absolute Gasteiger partial charge is 0.495 e. The third-order valence-electron chi connectivity index (χ3n) is 4.67. The number of nitrogens with one attached hydrogen (secondary N) is 2. The number of aryl methyl sites for hydroxylation is 2. The summed E-state index contributed by atoms with van der Waals surface area (Å²) in [6.07, 6.45) is 0. The molecule has 4 rings (SSSR count). The standard InChI is InChI=1S/C22H20N2O2S/c1-13-7-6-8-14(2)21(13)24-22(27)23-17-12-19-16(11-20(17)25-3)15-9-4-5-10-18(15)26-19/h4-12H,1-3H3,(H2,23,24,27). The van der Waals surface area contributed by atoms with Gasteiger partial charge >= 0.3 is 0 Å². The summed E-state index contributed by atoms with van der Waals surface area (Å²) in [4.78, 5) is 0. The number of furan rings is 1. The van der Waals surface area contributed by atoms with Crippen LogP contribution in [-0.2, 0) is 0 Å². The highest BCUT2D eigenvalue weighted by Gasteiger charge is 2.13. The van der Waals surface area contributed by atoms with Crippen molar-refractivity contribution < 1.29 is 9.15 Å². The van der Waals surface area contributed by atoms with E-state index in [1.54, 1.807) is 7.11 Å². The van der Waals surface area contributed by atoms with Gasteiger partial charge in [-0.2, -0.15) is 0 Å². The van der Waals surface area contributed by atoms with Crippen molar-refractivity contribution in [1.82, 2.24) is 0 Å². The van der Waals surface area contributed by atoms with Crippen LogP contribution in [0, 0.1) is 13.8 Å². The van der Waals surface area contributed by atoms with Crippen LogP contribution in [0.5, 0.6) is 5.75 Å². The average Bonchev–Trinajstić information content (AvgIpc) is 3.01. The summed E-state index contributed by atoms with van der Waals surface area (Å²) in [5.41, 5.74) is 5.68. The molecule has 5 heteroatoms. The van der Waals surface area contributed by atoms with Gasteiger partial charge in [-0.1, -0.05) is 36.4 Å². The first-order chi connectivity index (χ1) is 13.1. The highest BCUT2D eigenvalue weighted by molar-refractivity contribution is 7.80. The Morgan fingerprint density at radius 2 is 1.63 bits per heavy atom. The predicted octanol–water partition coefficient (Wildman–Crippen LogP) is 6.02. The average molecular weight is 376 g/mol. The number of benzene rings is 3. The molecule has 0 fully saturated rings. The lowest BCUT2D eigenvalue weighted by Gasteiger charge is -2.16. The van der Waals surface area contributed by atoms with E-state index in [1.165, 1.54) is 0 Å². The molecule has 136 valence electrons. The van der Waals surface area contributed by atoms with E-state index in [0.29, 0.717) is 10.9 Å². The molecule has 27 heavy (non-hydrogen) atoms. The molecule has 0 aliphatic carbocycles. The SMILES string of the molecule is COc1cc2c(cc1NC(=S)Nc1c(C)cccc1C)oc1ccccc12. The normalized spacial score (nSPS) is 10.9. The molecule has 0 amide bonds. The van der Waals surface area contributed by atoms with Crippen molar-refractivity contribution in [3.8, 4) is 5.75 Å². The van der Waals surface area contributed by atoms with Crippen LogP contribution < -0.4 is 15.4 Å². The molecule has 4 nitrogen and oxygen atoms in total. The van der Waals surface area contributed by atoms with Gasteiger partial charge in [0, 0.05) is 22.5 Å². The van der Waals surface area contributed by atoms with Crippen molar-refractivity contribution >= 4 is 50.6 Å². The summed E-state index contributed by atoms with van der Waals surface area (Å²) in [7, 11) is 1.65. The van der Waals surface area contributed by atoms with Gasteiger partial charge in [-0.15, -0.1) is 0 Å². The fourth-order valence-electron chi connectivity index (χ4n) is 3.30. The zero-order chi connectivity index (χ0) is 19.0. The molecule has 0 saturated heterocycles. The van der Waals surface area contributed by atoms with Gasteiger partial charge in [0.05, 0.1) is 12.8 Å². The minimum absolute atomic E-state index is 0.501. The molecule has 2 N–H and O–H groups in total. The molecule has 0 spiro atoms. The number of methoxy groups -OCH3 is 1. The molecular weight excluding hydrogens is 356 g/mol. The second-order valence-electron chi connectivity index (χ2n) is 6.49. The summed E-state index contributed by atoms with van der Waals surface area (Å²) >= 11 is 5.52. The molecule has 1 heterocycles. The van der Waals surface area contributed by atoms with Crippen molar-refractivity contribution in [3.05, 3.63) is 65.7 Å². The van der Waals surface area contributed by atoms with Gasteiger partial charge in [-0.3, -0.25) is 0 Å². The molecule has 0 unspecified atom stereocenters. The lowest BCUT2D eigenvalue weighted by Crippen LogP contribution is -2.20. The Morgan fingerprint density at radius 3 is 2.37 bits per heavy atom. The summed E-state index contributed by atoms with van der Waals surface area (Å²) in [6.45, 7) is 4.11. The number of hydrogen-bond acceptors (Lipinski definition) is 3. The van der Waals surface area contributed by atoms with Gasteiger partial charge in [0.25, 0.3) is 0 Å². The number of anilines is 2. The molecule has 3 aromatic carbocycles. The van der Waals surface area contributed by atoms with E-state index in [1.807, 2.05) is 42.5 Å². The maximum absolute atomic E-state index is 5.97. The Bertz CT molecular complexity index is 1140. The molecule has 1 aromatic heterocycles. The molecule has 4 aromatic rings.